The van der Waals surface area contributed by atoms with Crippen LogP contribution < -0.4 is 10.1 Å². The number of benzene rings is 2. The van der Waals surface area contributed by atoms with E-state index < -0.39 is 12.3 Å². The van der Waals surface area contributed by atoms with E-state index in [2.05, 4.69) is 10.1 Å². The van der Waals surface area contributed by atoms with E-state index in [0.29, 0.717) is 22.6 Å². The minimum Gasteiger partial charge on any atom is -0.464 e. The van der Waals surface area contributed by atoms with E-state index in [4.69, 9.17) is 4.42 Å². The smallest absolute Gasteiger partial charge is 0.464 e. The summed E-state index contributed by atoms with van der Waals surface area (Å²) >= 11 is 0. The van der Waals surface area contributed by atoms with Gasteiger partial charge in [-0.2, -0.15) is 0 Å². The zero-order valence-electron chi connectivity index (χ0n) is 12.7. The van der Waals surface area contributed by atoms with Crippen molar-refractivity contribution in [1.29, 1.82) is 0 Å². The molecule has 0 saturated heterocycles. The first-order valence-electron chi connectivity index (χ1n) is 7.22. The number of carbonyl (C=O) groups is 1. The quantitative estimate of drug-likeness (QED) is 0.714. The van der Waals surface area contributed by atoms with Gasteiger partial charge in [0.1, 0.15) is 11.5 Å². The minimum atomic E-state index is -4.76. The molecular formula is C18H12F3NO3. The molecule has 2 aromatic carbocycles. The number of hydrogen-bond acceptors (Lipinski definition) is 3. The van der Waals surface area contributed by atoms with Crippen molar-refractivity contribution in [1.82, 2.24) is 0 Å². The van der Waals surface area contributed by atoms with Crippen LogP contribution in [0, 0.1) is 0 Å². The standard InChI is InChI=1S/C18H12F3NO3/c19-18(20,21)25-13-9-7-12(8-10-13)22-17(23)15-5-2-1-4-14(15)16-6-3-11-24-16/h1-11H,(H,22,23). The molecule has 3 aromatic rings. The largest absolute Gasteiger partial charge is 0.573 e. The van der Waals surface area contributed by atoms with Crippen LogP contribution in [-0.2, 0) is 0 Å². The number of alkyl halides is 3. The molecule has 4 nitrogen and oxygen atoms in total. The summed E-state index contributed by atoms with van der Waals surface area (Å²) in [5, 5.41) is 2.63. The van der Waals surface area contributed by atoms with Crippen LogP contribution in [0.1, 0.15) is 10.4 Å². The number of furan rings is 1. The van der Waals surface area contributed by atoms with Gasteiger partial charge in [-0.15, -0.1) is 13.2 Å². The minimum absolute atomic E-state index is 0.341. The number of amides is 1. The third kappa shape index (κ3) is 4.20. The van der Waals surface area contributed by atoms with Crippen molar-refractivity contribution in [2.24, 2.45) is 0 Å². The molecule has 0 radical (unpaired) electrons. The Hall–Kier alpha value is -3.22. The summed E-state index contributed by atoms with van der Waals surface area (Å²) in [6.45, 7) is 0. The van der Waals surface area contributed by atoms with Crippen LogP contribution in [0.2, 0.25) is 0 Å². The third-order valence-corrected chi connectivity index (χ3v) is 3.30. The molecule has 3 rings (SSSR count). The summed E-state index contributed by atoms with van der Waals surface area (Å²) in [5.74, 6) is -0.224. The number of hydrogen-bond donors (Lipinski definition) is 1. The molecule has 0 spiro atoms. The number of rotatable bonds is 4. The van der Waals surface area contributed by atoms with E-state index in [1.165, 1.54) is 18.4 Å². The third-order valence-electron chi connectivity index (χ3n) is 3.30. The lowest BCUT2D eigenvalue weighted by atomic mass is 10.0. The molecule has 0 bridgehead atoms. The maximum Gasteiger partial charge on any atom is 0.573 e. The second-order valence-corrected chi connectivity index (χ2v) is 5.05. The van der Waals surface area contributed by atoms with Crippen molar-refractivity contribution in [3.05, 3.63) is 72.5 Å². The van der Waals surface area contributed by atoms with Crippen molar-refractivity contribution >= 4 is 11.6 Å². The Kier molecular flexibility index (Phi) is 4.47. The first-order valence-corrected chi connectivity index (χ1v) is 7.22. The predicted octanol–water partition coefficient (Wildman–Crippen LogP) is 5.10. The molecule has 0 aliphatic heterocycles. The van der Waals surface area contributed by atoms with Crippen LogP contribution in [-0.4, -0.2) is 12.3 Å². The van der Waals surface area contributed by atoms with E-state index in [9.17, 15) is 18.0 Å². The fourth-order valence-electron chi connectivity index (χ4n) is 2.27. The molecule has 7 heteroatoms. The average Bonchev–Trinajstić information content (AvgIpc) is 3.10. The van der Waals surface area contributed by atoms with E-state index in [1.54, 1.807) is 36.4 Å². The molecule has 25 heavy (non-hydrogen) atoms. The summed E-state index contributed by atoms with van der Waals surface area (Å²) in [7, 11) is 0. The summed E-state index contributed by atoms with van der Waals surface area (Å²) in [6, 6.07) is 15.2. The van der Waals surface area contributed by atoms with Gasteiger partial charge in [-0.1, -0.05) is 18.2 Å². The summed E-state index contributed by atoms with van der Waals surface area (Å²) in [6.07, 6.45) is -3.25. The highest BCUT2D eigenvalue weighted by atomic mass is 19.4. The topological polar surface area (TPSA) is 51.5 Å². The van der Waals surface area contributed by atoms with Crippen LogP contribution in [0.5, 0.6) is 5.75 Å². The fraction of sp³-hybridized carbons (Fsp3) is 0.0556. The Morgan fingerprint density at radius 1 is 0.960 bits per heavy atom. The normalized spacial score (nSPS) is 11.2. The van der Waals surface area contributed by atoms with Gasteiger partial charge < -0.3 is 14.5 Å². The van der Waals surface area contributed by atoms with Crippen molar-refractivity contribution in [2.75, 3.05) is 5.32 Å². The van der Waals surface area contributed by atoms with E-state index >= 15 is 0 Å². The maximum absolute atomic E-state index is 12.5. The Bertz CT molecular complexity index is 856. The highest BCUT2D eigenvalue weighted by Gasteiger charge is 2.31. The van der Waals surface area contributed by atoms with Gasteiger partial charge in [-0.25, -0.2) is 0 Å². The van der Waals surface area contributed by atoms with Crippen LogP contribution >= 0.6 is 0 Å². The lowest BCUT2D eigenvalue weighted by Gasteiger charge is -2.11. The number of halogens is 3. The second-order valence-electron chi connectivity index (χ2n) is 5.05. The number of nitrogens with one attached hydrogen (secondary N) is 1. The van der Waals surface area contributed by atoms with Crippen LogP contribution in [0.25, 0.3) is 11.3 Å². The van der Waals surface area contributed by atoms with Gasteiger partial charge in [0.25, 0.3) is 5.91 Å². The van der Waals surface area contributed by atoms with Gasteiger partial charge in [0.2, 0.25) is 0 Å². The Balaban J connectivity index is 1.77. The summed E-state index contributed by atoms with van der Waals surface area (Å²) in [5.41, 5.74) is 1.34. The first kappa shape index (κ1) is 16.6. The summed E-state index contributed by atoms with van der Waals surface area (Å²) < 4.78 is 45.6. The Labute approximate surface area is 140 Å². The van der Waals surface area contributed by atoms with E-state index in [-0.39, 0.29) is 5.75 Å². The molecule has 1 heterocycles. The van der Waals surface area contributed by atoms with Crippen molar-refractivity contribution < 1.29 is 27.1 Å². The fourth-order valence-corrected chi connectivity index (χ4v) is 2.27. The first-order chi connectivity index (χ1) is 11.9. The van der Waals surface area contributed by atoms with Gasteiger partial charge in [0, 0.05) is 11.3 Å². The van der Waals surface area contributed by atoms with Crippen molar-refractivity contribution in [2.45, 2.75) is 6.36 Å². The molecule has 0 atom stereocenters. The highest BCUT2D eigenvalue weighted by Crippen LogP contribution is 2.26. The molecular weight excluding hydrogens is 335 g/mol. The highest BCUT2D eigenvalue weighted by molar-refractivity contribution is 6.08. The maximum atomic E-state index is 12.5. The SMILES string of the molecule is O=C(Nc1ccc(OC(F)(F)F)cc1)c1ccccc1-c1ccco1. The van der Waals surface area contributed by atoms with Gasteiger partial charge in [0.15, 0.2) is 0 Å². The van der Waals surface area contributed by atoms with Crippen LogP contribution in [0.3, 0.4) is 0 Å². The predicted molar refractivity (Wildman–Crippen MR) is 85.2 cm³/mol. The summed E-state index contributed by atoms with van der Waals surface area (Å²) in [4.78, 5) is 12.5. The zero-order chi connectivity index (χ0) is 17.9. The lowest BCUT2D eigenvalue weighted by Crippen LogP contribution is -2.17. The van der Waals surface area contributed by atoms with Gasteiger partial charge >= 0.3 is 6.36 Å². The van der Waals surface area contributed by atoms with Gasteiger partial charge in [-0.05, 0) is 42.5 Å². The van der Waals surface area contributed by atoms with Crippen molar-refractivity contribution in [3.8, 4) is 17.1 Å². The molecule has 0 aliphatic rings. The second kappa shape index (κ2) is 6.72. The van der Waals surface area contributed by atoms with E-state index in [1.807, 2.05) is 0 Å². The Morgan fingerprint density at radius 2 is 1.68 bits per heavy atom. The van der Waals surface area contributed by atoms with Gasteiger partial charge in [0.05, 0.1) is 11.8 Å². The van der Waals surface area contributed by atoms with Crippen LogP contribution in [0.15, 0.2) is 71.3 Å². The molecule has 0 aliphatic carbocycles. The Morgan fingerprint density at radius 3 is 2.32 bits per heavy atom. The monoisotopic (exact) mass is 347 g/mol. The zero-order valence-corrected chi connectivity index (χ0v) is 12.7. The molecule has 1 amide bonds. The molecule has 0 unspecified atom stereocenters. The van der Waals surface area contributed by atoms with Crippen LogP contribution in [0.4, 0.5) is 18.9 Å². The number of ether oxygens (including phenoxy) is 1. The van der Waals surface area contributed by atoms with Gasteiger partial charge in [-0.3, -0.25) is 4.79 Å². The molecule has 1 aromatic heterocycles. The molecule has 1 N–H and O–H groups in total. The molecule has 0 fully saturated rings. The number of carbonyl (C=O) groups excluding carboxylic acids is 1. The average molecular weight is 347 g/mol. The van der Waals surface area contributed by atoms with Crippen molar-refractivity contribution in [3.63, 3.8) is 0 Å². The molecule has 128 valence electrons. The molecule has 0 saturated carbocycles. The number of anilines is 1. The van der Waals surface area contributed by atoms with E-state index in [0.717, 1.165) is 12.1 Å². The lowest BCUT2D eigenvalue weighted by molar-refractivity contribution is -0.274.